The van der Waals surface area contributed by atoms with Gasteiger partial charge in [0.1, 0.15) is 0 Å². The van der Waals surface area contributed by atoms with E-state index in [4.69, 9.17) is 4.74 Å². The SMILES string of the molecule is COC[C@@H](C)Nc1c(C)cccc1C. The van der Waals surface area contributed by atoms with E-state index in [2.05, 4.69) is 44.3 Å². The number of hydrogen-bond acceptors (Lipinski definition) is 2. The average molecular weight is 193 g/mol. The standard InChI is InChI=1S/C12H19NO/c1-9-6-5-7-10(2)12(9)13-11(3)8-14-4/h5-7,11,13H,8H2,1-4H3/t11-/m1/s1. The summed E-state index contributed by atoms with van der Waals surface area (Å²) in [6.45, 7) is 7.09. The molecular weight excluding hydrogens is 174 g/mol. The molecule has 2 nitrogen and oxygen atoms in total. The monoisotopic (exact) mass is 193 g/mol. The predicted octanol–water partition coefficient (Wildman–Crippen LogP) is 2.75. The number of methoxy groups -OCH3 is 1. The highest BCUT2D eigenvalue weighted by Crippen LogP contribution is 2.20. The van der Waals surface area contributed by atoms with Crippen molar-refractivity contribution in [2.75, 3.05) is 19.0 Å². The topological polar surface area (TPSA) is 21.3 Å². The third-order valence-electron chi connectivity index (χ3n) is 2.29. The van der Waals surface area contributed by atoms with E-state index in [1.54, 1.807) is 7.11 Å². The molecule has 1 aromatic rings. The van der Waals surface area contributed by atoms with Crippen LogP contribution in [0.25, 0.3) is 0 Å². The Balaban J connectivity index is 2.75. The molecule has 1 aromatic carbocycles. The summed E-state index contributed by atoms with van der Waals surface area (Å²) in [6.07, 6.45) is 0. The Bertz CT molecular complexity index is 276. The number of anilines is 1. The van der Waals surface area contributed by atoms with Gasteiger partial charge in [-0.05, 0) is 31.9 Å². The van der Waals surface area contributed by atoms with Gasteiger partial charge in [-0.3, -0.25) is 0 Å². The second kappa shape index (κ2) is 5.01. The number of nitrogens with one attached hydrogen (secondary N) is 1. The summed E-state index contributed by atoms with van der Waals surface area (Å²) in [7, 11) is 1.73. The van der Waals surface area contributed by atoms with Crippen LogP contribution in [0.2, 0.25) is 0 Å². The van der Waals surface area contributed by atoms with Crippen LogP contribution in [0.4, 0.5) is 5.69 Å². The highest BCUT2D eigenvalue weighted by Gasteiger charge is 2.05. The van der Waals surface area contributed by atoms with Crippen molar-refractivity contribution in [2.45, 2.75) is 26.8 Å². The number of rotatable bonds is 4. The molecule has 1 atom stereocenters. The van der Waals surface area contributed by atoms with Gasteiger partial charge in [0.15, 0.2) is 0 Å². The Morgan fingerprint density at radius 1 is 1.29 bits per heavy atom. The zero-order chi connectivity index (χ0) is 10.6. The normalized spacial score (nSPS) is 12.6. The molecule has 0 aliphatic rings. The maximum Gasteiger partial charge on any atom is 0.0661 e. The molecule has 0 saturated carbocycles. The van der Waals surface area contributed by atoms with Gasteiger partial charge in [-0.2, -0.15) is 0 Å². The molecule has 0 radical (unpaired) electrons. The second-order valence-corrected chi connectivity index (χ2v) is 3.77. The molecule has 14 heavy (non-hydrogen) atoms. The van der Waals surface area contributed by atoms with Crippen LogP contribution in [-0.4, -0.2) is 19.8 Å². The van der Waals surface area contributed by atoms with Gasteiger partial charge < -0.3 is 10.1 Å². The van der Waals surface area contributed by atoms with Gasteiger partial charge in [-0.25, -0.2) is 0 Å². The molecule has 0 aromatic heterocycles. The minimum absolute atomic E-state index is 0.347. The lowest BCUT2D eigenvalue weighted by molar-refractivity contribution is 0.190. The van der Waals surface area contributed by atoms with Crippen molar-refractivity contribution < 1.29 is 4.74 Å². The van der Waals surface area contributed by atoms with Crippen molar-refractivity contribution in [3.63, 3.8) is 0 Å². The fourth-order valence-corrected chi connectivity index (χ4v) is 1.58. The van der Waals surface area contributed by atoms with Crippen molar-refractivity contribution >= 4 is 5.69 Å². The van der Waals surface area contributed by atoms with Gasteiger partial charge in [0.25, 0.3) is 0 Å². The lowest BCUT2D eigenvalue weighted by Gasteiger charge is -2.18. The van der Waals surface area contributed by atoms with Crippen molar-refractivity contribution in [2.24, 2.45) is 0 Å². The minimum atomic E-state index is 0.347. The van der Waals surface area contributed by atoms with E-state index in [1.807, 2.05) is 0 Å². The third kappa shape index (κ3) is 2.74. The molecule has 0 bridgehead atoms. The summed E-state index contributed by atoms with van der Waals surface area (Å²) < 4.78 is 5.09. The van der Waals surface area contributed by atoms with Gasteiger partial charge in [0, 0.05) is 18.8 Å². The fourth-order valence-electron chi connectivity index (χ4n) is 1.58. The third-order valence-corrected chi connectivity index (χ3v) is 2.29. The van der Waals surface area contributed by atoms with Gasteiger partial charge >= 0.3 is 0 Å². The first-order chi connectivity index (χ1) is 6.65. The molecule has 1 N–H and O–H groups in total. The van der Waals surface area contributed by atoms with Crippen LogP contribution in [0.1, 0.15) is 18.1 Å². The van der Waals surface area contributed by atoms with E-state index in [-0.39, 0.29) is 0 Å². The van der Waals surface area contributed by atoms with E-state index in [9.17, 15) is 0 Å². The molecule has 0 aliphatic heterocycles. The van der Waals surface area contributed by atoms with E-state index in [1.165, 1.54) is 16.8 Å². The summed E-state index contributed by atoms with van der Waals surface area (Å²) in [5, 5.41) is 3.45. The van der Waals surface area contributed by atoms with Crippen LogP contribution in [0.5, 0.6) is 0 Å². The van der Waals surface area contributed by atoms with E-state index < -0.39 is 0 Å². The second-order valence-electron chi connectivity index (χ2n) is 3.77. The molecule has 1 rings (SSSR count). The number of para-hydroxylation sites is 1. The van der Waals surface area contributed by atoms with Crippen molar-refractivity contribution in [1.29, 1.82) is 0 Å². The van der Waals surface area contributed by atoms with Crippen molar-refractivity contribution in [1.82, 2.24) is 0 Å². The molecule has 0 amide bonds. The van der Waals surface area contributed by atoms with E-state index >= 15 is 0 Å². The van der Waals surface area contributed by atoms with Crippen LogP contribution < -0.4 is 5.32 Å². The average Bonchev–Trinajstić information content (AvgIpc) is 2.12. The van der Waals surface area contributed by atoms with Crippen LogP contribution in [-0.2, 0) is 4.74 Å². The van der Waals surface area contributed by atoms with Gasteiger partial charge in [0.05, 0.1) is 6.61 Å². The Hall–Kier alpha value is -1.02. The maximum absolute atomic E-state index is 5.09. The molecule has 0 aliphatic carbocycles. The molecule has 78 valence electrons. The summed E-state index contributed by atoms with van der Waals surface area (Å²) in [6, 6.07) is 6.67. The molecular formula is C12H19NO. The van der Waals surface area contributed by atoms with Gasteiger partial charge in [0.2, 0.25) is 0 Å². The summed E-state index contributed by atoms with van der Waals surface area (Å²) in [4.78, 5) is 0. The minimum Gasteiger partial charge on any atom is -0.383 e. The first-order valence-electron chi connectivity index (χ1n) is 4.97. The first-order valence-corrected chi connectivity index (χ1v) is 4.97. The van der Waals surface area contributed by atoms with Crippen LogP contribution >= 0.6 is 0 Å². The molecule has 0 unspecified atom stereocenters. The van der Waals surface area contributed by atoms with Crippen LogP contribution in [0.3, 0.4) is 0 Å². The van der Waals surface area contributed by atoms with Crippen LogP contribution in [0.15, 0.2) is 18.2 Å². The Morgan fingerprint density at radius 2 is 1.86 bits per heavy atom. The first kappa shape index (κ1) is 11.1. The smallest absolute Gasteiger partial charge is 0.0661 e. The Kier molecular flexibility index (Phi) is 3.96. The largest absolute Gasteiger partial charge is 0.383 e. The predicted molar refractivity (Wildman–Crippen MR) is 60.9 cm³/mol. The van der Waals surface area contributed by atoms with E-state index in [0.29, 0.717) is 6.04 Å². The maximum atomic E-state index is 5.09. The van der Waals surface area contributed by atoms with E-state index in [0.717, 1.165) is 6.61 Å². The zero-order valence-electron chi connectivity index (χ0n) is 9.42. The number of benzene rings is 1. The highest BCUT2D eigenvalue weighted by molar-refractivity contribution is 5.57. The molecule has 0 spiro atoms. The number of aryl methyl sites for hydroxylation is 2. The van der Waals surface area contributed by atoms with Crippen molar-refractivity contribution in [3.05, 3.63) is 29.3 Å². The molecule has 0 saturated heterocycles. The molecule has 2 heteroatoms. The Morgan fingerprint density at radius 3 is 2.36 bits per heavy atom. The van der Waals surface area contributed by atoms with Crippen molar-refractivity contribution in [3.8, 4) is 0 Å². The fraction of sp³-hybridized carbons (Fsp3) is 0.500. The zero-order valence-corrected chi connectivity index (χ0v) is 9.42. The highest BCUT2D eigenvalue weighted by atomic mass is 16.5. The summed E-state index contributed by atoms with van der Waals surface area (Å²) in [5.74, 6) is 0. The van der Waals surface area contributed by atoms with Crippen LogP contribution in [0, 0.1) is 13.8 Å². The lowest BCUT2D eigenvalue weighted by atomic mass is 10.1. The van der Waals surface area contributed by atoms with Gasteiger partial charge in [-0.15, -0.1) is 0 Å². The number of ether oxygens (including phenoxy) is 1. The molecule has 0 fully saturated rings. The number of hydrogen-bond donors (Lipinski definition) is 1. The summed E-state index contributed by atoms with van der Waals surface area (Å²) in [5.41, 5.74) is 3.80. The Labute approximate surface area is 86.3 Å². The van der Waals surface area contributed by atoms with Gasteiger partial charge in [-0.1, -0.05) is 18.2 Å². The lowest BCUT2D eigenvalue weighted by Crippen LogP contribution is -2.21. The summed E-state index contributed by atoms with van der Waals surface area (Å²) >= 11 is 0. The quantitative estimate of drug-likeness (QED) is 0.794. The molecule has 0 heterocycles.